The molecule has 7 heteroatoms. The third-order valence-corrected chi connectivity index (χ3v) is 7.01. The average molecular weight is 430 g/mol. The molecule has 1 N–H and O–H groups in total. The van der Waals surface area contributed by atoms with E-state index in [-0.39, 0.29) is 29.9 Å². The molecule has 0 amide bonds. The van der Waals surface area contributed by atoms with E-state index in [0.29, 0.717) is 17.8 Å². The number of aromatic nitrogens is 4. The van der Waals surface area contributed by atoms with E-state index in [1.165, 1.54) is 18.5 Å². The fraction of sp³-hybridized carbons (Fsp3) is 0.320. The number of hydrogen-bond acceptors (Lipinski definition) is 6. The zero-order chi connectivity index (χ0) is 22.5. The Morgan fingerprint density at radius 2 is 2.00 bits per heavy atom. The van der Waals surface area contributed by atoms with Gasteiger partial charge in [-0.15, -0.1) is 0 Å². The maximum absolute atomic E-state index is 14.4. The largest absolute Gasteiger partial charge is 0.515 e. The number of carbonyl (C=O) groups excluding carboxylic acids is 1. The summed E-state index contributed by atoms with van der Waals surface area (Å²) < 4.78 is 14.4. The molecule has 5 rings (SSSR count). The molecule has 3 aromatic rings. The normalized spacial score (nSPS) is 26.0. The Kier molecular flexibility index (Phi) is 4.84. The van der Waals surface area contributed by atoms with Gasteiger partial charge in [0.25, 0.3) is 0 Å². The predicted molar refractivity (Wildman–Crippen MR) is 116 cm³/mol. The summed E-state index contributed by atoms with van der Waals surface area (Å²) >= 11 is 0. The number of allylic oxidation sites excluding steroid dienone is 1. The fourth-order valence-corrected chi connectivity index (χ4v) is 5.67. The van der Waals surface area contributed by atoms with Crippen LogP contribution in [0.5, 0.6) is 0 Å². The van der Waals surface area contributed by atoms with Crippen LogP contribution in [0.1, 0.15) is 42.4 Å². The molecule has 2 aliphatic carbocycles. The number of carbonyl (C=O) groups is 1. The lowest BCUT2D eigenvalue weighted by Gasteiger charge is -2.51. The van der Waals surface area contributed by atoms with Crippen molar-refractivity contribution < 1.29 is 14.3 Å². The molecular weight excluding hydrogens is 407 g/mol. The molecule has 0 saturated heterocycles. The second-order valence-electron chi connectivity index (χ2n) is 8.68. The highest BCUT2D eigenvalue weighted by Crippen LogP contribution is 2.56. The van der Waals surface area contributed by atoms with Crippen LogP contribution in [0.15, 0.2) is 54.8 Å². The number of benzene rings is 1. The highest BCUT2D eigenvalue weighted by Gasteiger charge is 2.55. The third kappa shape index (κ3) is 2.95. The molecule has 1 aromatic carbocycles. The molecule has 1 saturated carbocycles. The molecule has 2 aliphatic rings. The summed E-state index contributed by atoms with van der Waals surface area (Å²) in [6, 6.07) is 6.53. The minimum absolute atomic E-state index is 0.0598. The lowest BCUT2D eigenvalue weighted by molar-refractivity contribution is -0.123. The quantitative estimate of drug-likeness (QED) is 0.482. The summed E-state index contributed by atoms with van der Waals surface area (Å²) in [7, 11) is 0. The number of ketones is 1. The number of hydrogen-bond donors (Lipinski definition) is 1. The lowest BCUT2D eigenvalue weighted by Crippen LogP contribution is -2.51. The highest BCUT2D eigenvalue weighted by molar-refractivity contribution is 5.98. The van der Waals surface area contributed by atoms with Crippen LogP contribution in [0, 0.1) is 24.6 Å². The molecule has 1 fully saturated rings. The predicted octanol–water partition coefficient (Wildman–Crippen LogP) is 4.28. The first kappa shape index (κ1) is 20.4. The first-order chi connectivity index (χ1) is 15.5. The van der Waals surface area contributed by atoms with Crippen molar-refractivity contribution in [2.75, 3.05) is 0 Å². The van der Waals surface area contributed by atoms with Crippen LogP contribution in [0.3, 0.4) is 0 Å². The smallest absolute Gasteiger partial charge is 0.165 e. The van der Waals surface area contributed by atoms with Gasteiger partial charge in [-0.1, -0.05) is 19.1 Å². The van der Waals surface area contributed by atoms with Crippen molar-refractivity contribution >= 4 is 5.78 Å². The van der Waals surface area contributed by atoms with Crippen molar-refractivity contribution in [3.63, 3.8) is 0 Å². The molecule has 0 spiro atoms. The van der Waals surface area contributed by atoms with E-state index in [1.807, 2.05) is 19.9 Å². The second kappa shape index (κ2) is 7.58. The molecule has 0 aliphatic heterocycles. The van der Waals surface area contributed by atoms with Crippen molar-refractivity contribution in [3.8, 4) is 11.3 Å². The zero-order valence-corrected chi connectivity index (χ0v) is 17.9. The van der Waals surface area contributed by atoms with E-state index >= 15 is 0 Å². The van der Waals surface area contributed by atoms with Gasteiger partial charge in [0.1, 0.15) is 18.0 Å². The van der Waals surface area contributed by atoms with Gasteiger partial charge < -0.3 is 5.11 Å². The van der Waals surface area contributed by atoms with E-state index in [4.69, 9.17) is 9.97 Å². The summed E-state index contributed by atoms with van der Waals surface area (Å²) in [6.45, 7) is 3.73. The number of Topliss-reactive ketones (excluding diaryl/α,β-unsaturated/α-hetero) is 1. The summed E-state index contributed by atoms with van der Waals surface area (Å²) in [5.41, 5.74) is 3.66. The van der Waals surface area contributed by atoms with Crippen LogP contribution in [0.25, 0.3) is 11.3 Å². The maximum Gasteiger partial charge on any atom is 0.165 e. The van der Waals surface area contributed by atoms with Crippen molar-refractivity contribution in [2.24, 2.45) is 11.8 Å². The SMILES string of the molecule is Cc1nc(-c2cncnc2)c2c(n1)[C@@]1(c3cccc(F)c3)CC(=CO)C(=O)[C@@H](C)[C@@H]1CC2. The Bertz CT molecular complexity index is 1240. The summed E-state index contributed by atoms with van der Waals surface area (Å²) in [4.78, 5) is 30.9. The van der Waals surface area contributed by atoms with Crippen LogP contribution in [-0.4, -0.2) is 30.8 Å². The van der Waals surface area contributed by atoms with E-state index < -0.39 is 5.41 Å². The number of aliphatic hydroxyl groups is 1. The number of halogens is 1. The number of nitrogens with zero attached hydrogens (tertiary/aromatic N) is 4. The Balaban J connectivity index is 1.85. The molecule has 0 unspecified atom stereocenters. The van der Waals surface area contributed by atoms with Crippen LogP contribution in [0.4, 0.5) is 4.39 Å². The highest BCUT2D eigenvalue weighted by atomic mass is 19.1. The monoisotopic (exact) mass is 430 g/mol. The van der Waals surface area contributed by atoms with Crippen molar-refractivity contribution in [1.82, 2.24) is 19.9 Å². The minimum atomic E-state index is -0.754. The van der Waals surface area contributed by atoms with Gasteiger partial charge >= 0.3 is 0 Å². The van der Waals surface area contributed by atoms with Crippen molar-refractivity contribution in [1.29, 1.82) is 0 Å². The van der Waals surface area contributed by atoms with Crippen LogP contribution in [-0.2, 0) is 16.6 Å². The van der Waals surface area contributed by atoms with Crippen LogP contribution >= 0.6 is 0 Å². The van der Waals surface area contributed by atoms with Gasteiger partial charge in [-0.2, -0.15) is 0 Å². The molecule has 0 bridgehead atoms. The summed E-state index contributed by atoms with van der Waals surface area (Å²) in [5, 5.41) is 9.91. The Morgan fingerprint density at radius 1 is 1.22 bits per heavy atom. The Morgan fingerprint density at radius 3 is 2.72 bits per heavy atom. The van der Waals surface area contributed by atoms with Gasteiger partial charge in [0.2, 0.25) is 0 Å². The second-order valence-corrected chi connectivity index (χ2v) is 8.68. The zero-order valence-electron chi connectivity index (χ0n) is 17.9. The molecule has 0 radical (unpaired) electrons. The van der Waals surface area contributed by atoms with Crippen LogP contribution in [0.2, 0.25) is 0 Å². The van der Waals surface area contributed by atoms with E-state index in [0.717, 1.165) is 40.8 Å². The van der Waals surface area contributed by atoms with E-state index in [2.05, 4.69) is 9.97 Å². The molecule has 32 heavy (non-hydrogen) atoms. The molecule has 6 nitrogen and oxygen atoms in total. The topological polar surface area (TPSA) is 88.9 Å². The van der Waals surface area contributed by atoms with Gasteiger partial charge in [0.15, 0.2) is 5.78 Å². The van der Waals surface area contributed by atoms with Gasteiger partial charge in [-0.25, -0.2) is 24.3 Å². The van der Waals surface area contributed by atoms with Gasteiger partial charge in [-0.05, 0) is 49.8 Å². The number of aryl methyl sites for hydroxylation is 1. The van der Waals surface area contributed by atoms with Gasteiger partial charge in [0.05, 0.1) is 17.6 Å². The lowest BCUT2D eigenvalue weighted by atomic mass is 9.52. The average Bonchev–Trinajstić information content (AvgIpc) is 2.81. The molecule has 2 aromatic heterocycles. The van der Waals surface area contributed by atoms with E-state index in [9.17, 15) is 14.3 Å². The maximum atomic E-state index is 14.4. The third-order valence-electron chi connectivity index (χ3n) is 7.01. The van der Waals surface area contributed by atoms with Crippen molar-refractivity contribution in [2.45, 2.75) is 38.5 Å². The molecular formula is C25H23FN4O2. The van der Waals surface area contributed by atoms with Gasteiger partial charge in [0, 0.05) is 40.4 Å². The fourth-order valence-electron chi connectivity index (χ4n) is 5.67. The molecule has 162 valence electrons. The molecule has 2 heterocycles. The minimum Gasteiger partial charge on any atom is -0.515 e. The van der Waals surface area contributed by atoms with Crippen LogP contribution < -0.4 is 0 Å². The van der Waals surface area contributed by atoms with Crippen molar-refractivity contribution in [3.05, 3.63) is 83.3 Å². The standard InChI is InChI=1S/C25H23FN4O2/c1-14-21-7-6-20-22(17-10-27-13-28-11-17)29-15(2)30-24(20)25(21,9-16(12-31)23(14)32)18-4-3-5-19(26)8-18/h3-5,8,10-14,21,31H,6-7,9H2,1-2H3/t14-,21-,25+/m0/s1. The number of rotatable bonds is 2. The Hall–Kier alpha value is -3.48. The number of aliphatic hydroxyl groups excluding tert-OH is 1. The Labute approximate surface area is 185 Å². The summed E-state index contributed by atoms with van der Waals surface area (Å²) in [5.74, 6) is -0.239. The number of fused-ring (bicyclic) bond motifs is 3. The van der Waals surface area contributed by atoms with Gasteiger partial charge in [-0.3, -0.25) is 4.79 Å². The summed E-state index contributed by atoms with van der Waals surface area (Å²) in [6.07, 6.45) is 7.50. The molecule has 3 atom stereocenters. The first-order valence-electron chi connectivity index (χ1n) is 10.7. The first-order valence-corrected chi connectivity index (χ1v) is 10.7. The van der Waals surface area contributed by atoms with E-state index in [1.54, 1.807) is 18.5 Å².